The fourth-order valence-electron chi connectivity index (χ4n) is 3.25. The summed E-state index contributed by atoms with van der Waals surface area (Å²) >= 11 is 0. The fourth-order valence-corrected chi connectivity index (χ4v) is 3.25. The third-order valence-electron chi connectivity index (χ3n) is 4.23. The molecule has 86 valence electrons. The molecule has 2 atom stereocenters. The molecule has 0 N–H and O–H groups in total. The van der Waals surface area contributed by atoms with Crippen LogP contribution in [-0.4, -0.2) is 29.8 Å². The number of furan rings is 1. The SMILES string of the molecule is CN1C2CCC1CC(C(=O)c1ccco1)C2. The van der Waals surface area contributed by atoms with Crippen LogP contribution in [0.25, 0.3) is 0 Å². The second-order valence-corrected chi connectivity index (χ2v) is 5.06. The van der Waals surface area contributed by atoms with Crippen LogP contribution in [-0.2, 0) is 0 Å². The van der Waals surface area contributed by atoms with E-state index in [4.69, 9.17) is 4.42 Å². The minimum absolute atomic E-state index is 0.180. The van der Waals surface area contributed by atoms with E-state index in [1.165, 1.54) is 12.8 Å². The summed E-state index contributed by atoms with van der Waals surface area (Å²) in [4.78, 5) is 14.6. The Balaban J connectivity index is 1.76. The molecule has 16 heavy (non-hydrogen) atoms. The van der Waals surface area contributed by atoms with E-state index in [-0.39, 0.29) is 11.7 Å². The van der Waals surface area contributed by atoms with Crippen LogP contribution >= 0.6 is 0 Å². The minimum Gasteiger partial charge on any atom is -0.461 e. The van der Waals surface area contributed by atoms with Gasteiger partial charge in [-0.15, -0.1) is 0 Å². The standard InChI is InChI=1S/C13H17NO2/c1-14-10-4-5-11(14)8-9(7-10)13(15)12-3-2-6-16-12/h2-3,6,9-11H,4-5,7-8H2,1H3. The molecular formula is C13H17NO2. The van der Waals surface area contributed by atoms with E-state index in [1.54, 1.807) is 18.4 Å². The van der Waals surface area contributed by atoms with Crippen molar-refractivity contribution in [2.45, 2.75) is 37.8 Å². The summed E-state index contributed by atoms with van der Waals surface area (Å²) in [5.41, 5.74) is 0. The molecule has 0 aromatic carbocycles. The van der Waals surface area contributed by atoms with Crippen molar-refractivity contribution >= 4 is 5.78 Å². The maximum Gasteiger partial charge on any atom is 0.201 e. The number of carbonyl (C=O) groups excluding carboxylic acids is 1. The summed E-state index contributed by atoms with van der Waals surface area (Å²) in [5.74, 6) is 0.920. The van der Waals surface area contributed by atoms with Gasteiger partial charge in [-0.05, 0) is 44.9 Å². The summed E-state index contributed by atoms with van der Waals surface area (Å²) in [7, 11) is 2.19. The molecule has 1 aromatic rings. The highest BCUT2D eigenvalue weighted by Crippen LogP contribution is 2.38. The zero-order chi connectivity index (χ0) is 11.1. The normalized spacial score (nSPS) is 34.2. The van der Waals surface area contributed by atoms with E-state index in [0.717, 1.165) is 12.8 Å². The van der Waals surface area contributed by atoms with Crippen LogP contribution < -0.4 is 0 Å². The first-order valence-electron chi connectivity index (χ1n) is 6.05. The van der Waals surface area contributed by atoms with E-state index in [9.17, 15) is 4.79 Å². The topological polar surface area (TPSA) is 33.5 Å². The number of nitrogens with zero attached hydrogens (tertiary/aromatic N) is 1. The van der Waals surface area contributed by atoms with Crippen molar-refractivity contribution in [3.8, 4) is 0 Å². The zero-order valence-corrected chi connectivity index (χ0v) is 9.56. The van der Waals surface area contributed by atoms with Gasteiger partial charge in [0.1, 0.15) is 0 Å². The maximum atomic E-state index is 12.2. The first-order valence-corrected chi connectivity index (χ1v) is 6.05. The lowest BCUT2D eigenvalue weighted by Crippen LogP contribution is -2.42. The van der Waals surface area contributed by atoms with Crippen molar-refractivity contribution in [3.63, 3.8) is 0 Å². The van der Waals surface area contributed by atoms with Crippen molar-refractivity contribution < 1.29 is 9.21 Å². The summed E-state index contributed by atoms with van der Waals surface area (Å²) in [6.07, 6.45) is 6.10. The van der Waals surface area contributed by atoms with Crippen LogP contribution in [0.15, 0.2) is 22.8 Å². The Kier molecular flexibility index (Phi) is 2.36. The van der Waals surface area contributed by atoms with Gasteiger partial charge in [0.05, 0.1) is 6.26 Å². The number of piperidine rings is 1. The molecule has 2 aliphatic heterocycles. The van der Waals surface area contributed by atoms with Crippen LogP contribution in [0, 0.1) is 5.92 Å². The molecule has 0 amide bonds. The van der Waals surface area contributed by atoms with Gasteiger partial charge in [0.15, 0.2) is 5.76 Å². The fraction of sp³-hybridized carbons (Fsp3) is 0.615. The lowest BCUT2D eigenvalue weighted by molar-refractivity contribution is 0.0740. The second-order valence-electron chi connectivity index (χ2n) is 5.06. The third-order valence-corrected chi connectivity index (χ3v) is 4.23. The predicted octanol–water partition coefficient (Wildman–Crippen LogP) is 2.34. The van der Waals surface area contributed by atoms with Gasteiger partial charge in [-0.1, -0.05) is 0 Å². The molecule has 1 aromatic heterocycles. The third kappa shape index (κ3) is 1.50. The monoisotopic (exact) mass is 219 g/mol. The van der Waals surface area contributed by atoms with Gasteiger partial charge in [0, 0.05) is 18.0 Å². The maximum absolute atomic E-state index is 12.2. The number of carbonyl (C=O) groups is 1. The minimum atomic E-state index is 0.180. The molecule has 0 radical (unpaired) electrons. The largest absolute Gasteiger partial charge is 0.461 e. The Hall–Kier alpha value is -1.09. The number of Topliss-reactive ketones (excluding diaryl/α,β-unsaturated/α-hetero) is 1. The Morgan fingerprint density at radius 1 is 1.38 bits per heavy atom. The Morgan fingerprint density at radius 3 is 2.62 bits per heavy atom. The molecule has 2 unspecified atom stereocenters. The summed E-state index contributed by atoms with van der Waals surface area (Å²) < 4.78 is 5.20. The van der Waals surface area contributed by atoms with Gasteiger partial charge < -0.3 is 9.32 Å². The van der Waals surface area contributed by atoms with E-state index < -0.39 is 0 Å². The van der Waals surface area contributed by atoms with Gasteiger partial charge in [0.25, 0.3) is 0 Å². The second kappa shape index (κ2) is 3.74. The van der Waals surface area contributed by atoms with E-state index in [2.05, 4.69) is 11.9 Å². The molecule has 3 heteroatoms. The lowest BCUT2D eigenvalue weighted by Gasteiger charge is -2.35. The van der Waals surface area contributed by atoms with Crippen molar-refractivity contribution in [1.82, 2.24) is 4.90 Å². The highest BCUT2D eigenvalue weighted by molar-refractivity contribution is 5.95. The molecule has 0 aliphatic carbocycles. The number of hydrogen-bond acceptors (Lipinski definition) is 3. The van der Waals surface area contributed by atoms with Gasteiger partial charge >= 0.3 is 0 Å². The predicted molar refractivity (Wildman–Crippen MR) is 60.3 cm³/mol. The number of ketones is 1. The van der Waals surface area contributed by atoms with E-state index in [0.29, 0.717) is 17.8 Å². The molecule has 2 bridgehead atoms. The van der Waals surface area contributed by atoms with Crippen molar-refractivity contribution in [2.75, 3.05) is 7.05 Å². The summed E-state index contributed by atoms with van der Waals surface area (Å²) in [5, 5.41) is 0. The first kappa shape index (κ1) is 10.1. The molecule has 3 nitrogen and oxygen atoms in total. The molecule has 2 aliphatic rings. The summed E-state index contributed by atoms with van der Waals surface area (Å²) in [6, 6.07) is 4.80. The molecule has 3 rings (SSSR count). The smallest absolute Gasteiger partial charge is 0.201 e. The average Bonchev–Trinajstić information content (AvgIpc) is 2.85. The zero-order valence-electron chi connectivity index (χ0n) is 9.56. The lowest BCUT2D eigenvalue weighted by atomic mass is 9.87. The molecule has 2 fully saturated rings. The van der Waals surface area contributed by atoms with Gasteiger partial charge in [-0.3, -0.25) is 4.79 Å². The first-order chi connectivity index (χ1) is 7.75. The molecule has 0 spiro atoms. The van der Waals surface area contributed by atoms with Crippen molar-refractivity contribution in [2.24, 2.45) is 5.92 Å². The van der Waals surface area contributed by atoms with Gasteiger partial charge in [-0.25, -0.2) is 0 Å². The number of fused-ring (bicyclic) bond motifs is 2. The highest BCUT2D eigenvalue weighted by Gasteiger charge is 2.41. The highest BCUT2D eigenvalue weighted by atomic mass is 16.3. The van der Waals surface area contributed by atoms with E-state index in [1.807, 2.05) is 0 Å². The Bertz CT molecular complexity index is 371. The molecule has 0 saturated carbocycles. The Morgan fingerprint density at radius 2 is 2.06 bits per heavy atom. The number of rotatable bonds is 2. The van der Waals surface area contributed by atoms with Crippen LogP contribution in [0.5, 0.6) is 0 Å². The van der Waals surface area contributed by atoms with Crippen molar-refractivity contribution in [3.05, 3.63) is 24.2 Å². The molecular weight excluding hydrogens is 202 g/mol. The van der Waals surface area contributed by atoms with Crippen molar-refractivity contribution in [1.29, 1.82) is 0 Å². The van der Waals surface area contributed by atoms with Crippen LogP contribution in [0.1, 0.15) is 36.2 Å². The van der Waals surface area contributed by atoms with Gasteiger partial charge in [0.2, 0.25) is 5.78 Å². The van der Waals surface area contributed by atoms with Crippen LogP contribution in [0.4, 0.5) is 0 Å². The van der Waals surface area contributed by atoms with E-state index >= 15 is 0 Å². The van der Waals surface area contributed by atoms with Gasteiger partial charge in [-0.2, -0.15) is 0 Å². The molecule has 2 saturated heterocycles. The van der Waals surface area contributed by atoms with Crippen LogP contribution in [0.2, 0.25) is 0 Å². The summed E-state index contributed by atoms with van der Waals surface area (Å²) in [6.45, 7) is 0. The van der Waals surface area contributed by atoms with Crippen LogP contribution in [0.3, 0.4) is 0 Å². The Labute approximate surface area is 95.4 Å². The number of hydrogen-bond donors (Lipinski definition) is 0. The molecule has 3 heterocycles. The quantitative estimate of drug-likeness (QED) is 0.716. The average molecular weight is 219 g/mol.